The van der Waals surface area contributed by atoms with Crippen LogP contribution in [-0.2, 0) is 4.79 Å². The van der Waals surface area contributed by atoms with Crippen molar-refractivity contribution in [2.24, 2.45) is 0 Å². The highest BCUT2D eigenvalue weighted by Gasteiger charge is 2.27. The molecule has 0 saturated carbocycles. The molecular weight excluding hydrogens is 305 g/mol. The number of methoxy groups -OCH3 is 2. The van der Waals surface area contributed by atoms with Crippen molar-refractivity contribution >= 4 is 11.8 Å². The smallest absolute Gasteiger partial charge is 0.405 e. The minimum absolute atomic E-state index is 0.182. The van der Waals surface area contributed by atoms with Gasteiger partial charge in [-0.2, -0.15) is 13.2 Å². The average molecular weight is 320 g/mol. The molecule has 2 amide bonds. The molecule has 0 bridgehead atoms. The number of nitrogens with one attached hydrogen (secondary N) is 2. The van der Waals surface area contributed by atoms with Crippen molar-refractivity contribution in [3.8, 4) is 11.5 Å². The fourth-order valence-electron chi connectivity index (χ4n) is 1.50. The first-order valence-corrected chi connectivity index (χ1v) is 6.10. The summed E-state index contributed by atoms with van der Waals surface area (Å²) in [7, 11) is 2.83. The molecule has 122 valence electrons. The lowest BCUT2D eigenvalue weighted by Crippen LogP contribution is -2.40. The maximum atomic E-state index is 11.9. The van der Waals surface area contributed by atoms with E-state index in [0.717, 1.165) is 0 Å². The lowest BCUT2D eigenvalue weighted by Gasteiger charge is -2.11. The summed E-state index contributed by atoms with van der Waals surface area (Å²) in [6, 6.07) is 4.32. The van der Waals surface area contributed by atoms with Gasteiger partial charge in [0, 0.05) is 5.56 Å². The minimum atomic E-state index is -4.50. The van der Waals surface area contributed by atoms with Gasteiger partial charge in [0.25, 0.3) is 5.91 Å². The van der Waals surface area contributed by atoms with Gasteiger partial charge < -0.3 is 20.1 Å². The summed E-state index contributed by atoms with van der Waals surface area (Å²) in [5.74, 6) is -0.826. The summed E-state index contributed by atoms with van der Waals surface area (Å²) < 4.78 is 45.7. The molecule has 0 unspecified atom stereocenters. The molecule has 0 aliphatic carbocycles. The first-order valence-electron chi connectivity index (χ1n) is 6.10. The quantitative estimate of drug-likeness (QED) is 0.823. The van der Waals surface area contributed by atoms with Crippen LogP contribution >= 0.6 is 0 Å². The van der Waals surface area contributed by atoms with E-state index in [2.05, 4.69) is 5.32 Å². The van der Waals surface area contributed by atoms with Crippen LogP contribution < -0.4 is 20.1 Å². The maximum absolute atomic E-state index is 11.9. The molecule has 0 heterocycles. The second-order valence-corrected chi connectivity index (χ2v) is 4.14. The fourth-order valence-corrected chi connectivity index (χ4v) is 1.50. The Morgan fingerprint density at radius 2 is 1.73 bits per heavy atom. The summed E-state index contributed by atoms with van der Waals surface area (Å²) in [5, 5.41) is 3.86. The number of carbonyl (C=O) groups is 2. The molecule has 0 fully saturated rings. The van der Waals surface area contributed by atoms with Gasteiger partial charge in [0.2, 0.25) is 5.91 Å². The van der Waals surface area contributed by atoms with E-state index >= 15 is 0 Å². The summed E-state index contributed by atoms with van der Waals surface area (Å²) in [5.41, 5.74) is 0.182. The van der Waals surface area contributed by atoms with Crippen molar-refractivity contribution in [1.82, 2.24) is 10.6 Å². The maximum Gasteiger partial charge on any atom is 0.405 e. The first kappa shape index (κ1) is 17.6. The van der Waals surface area contributed by atoms with Crippen LogP contribution in [0.4, 0.5) is 13.2 Å². The Kier molecular flexibility index (Phi) is 6.02. The SMILES string of the molecule is COc1ccc(C(=O)NCC(=O)NCC(F)(F)F)cc1OC. The molecule has 2 N–H and O–H groups in total. The van der Waals surface area contributed by atoms with Crippen molar-refractivity contribution in [3.63, 3.8) is 0 Å². The molecule has 1 rings (SSSR count). The van der Waals surface area contributed by atoms with Crippen LogP contribution in [0.1, 0.15) is 10.4 Å². The molecule has 0 aliphatic heterocycles. The topological polar surface area (TPSA) is 76.7 Å². The van der Waals surface area contributed by atoms with Crippen LogP contribution in [0.3, 0.4) is 0 Å². The molecule has 6 nitrogen and oxygen atoms in total. The molecule has 0 spiro atoms. The third-order valence-electron chi connectivity index (χ3n) is 2.54. The van der Waals surface area contributed by atoms with Gasteiger partial charge >= 0.3 is 6.18 Å². The number of benzene rings is 1. The number of carbonyl (C=O) groups excluding carboxylic acids is 2. The Hall–Kier alpha value is -2.45. The van der Waals surface area contributed by atoms with E-state index in [1.54, 1.807) is 5.32 Å². The largest absolute Gasteiger partial charge is 0.493 e. The van der Waals surface area contributed by atoms with E-state index in [1.807, 2.05) is 0 Å². The lowest BCUT2D eigenvalue weighted by molar-refractivity contribution is -0.137. The van der Waals surface area contributed by atoms with Gasteiger partial charge in [0.1, 0.15) is 6.54 Å². The number of rotatable bonds is 6. The summed E-state index contributed by atoms with van der Waals surface area (Å²) in [4.78, 5) is 23.0. The van der Waals surface area contributed by atoms with Gasteiger partial charge in [0.05, 0.1) is 20.8 Å². The van der Waals surface area contributed by atoms with Crippen molar-refractivity contribution in [2.75, 3.05) is 27.3 Å². The zero-order chi connectivity index (χ0) is 16.8. The predicted molar refractivity (Wildman–Crippen MR) is 70.9 cm³/mol. The minimum Gasteiger partial charge on any atom is -0.493 e. The molecule has 9 heteroatoms. The van der Waals surface area contributed by atoms with Crippen LogP contribution in [-0.4, -0.2) is 45.3 Å². The van der Waals surface area contributed by atoms with Crippen molar-refractivity contribution in [3.05, 3.63) is 23.8 Å². The molecular formula is C13H15F3N2O4. The van der Waals surface area contributed by atoms with Crippen LogP contribution in [0.25, 0.3) is 0 Å². The number of alkyl halides is 3. The van der Waals surface area contributed by atoms with Crippen molar-refractivity contribution in [1.29, 1.82) is 0 Å². The van der Waals surface area contributed by atoms with Crippen LogP contribution in [0, 0.1) is 0 Å². The van der Waals surface area contributed by atoms with E-state index in [0.29, 0.717) is 11.5 Å². The molecule has 0 atom stereocenters. The number of hydrogen-bond acceptors (Lipinski definition) is 4. The highest BCUT2D eigenvalue weighted by Crippen LogP contribution is 2.27. The number of halogens is 3. The number of amides is 2. The van der Waals surface area contributed by atoms with Gasteiger partial charge in [-0.05, 0) is 18.2 Å². The van der Waals surface area contributed by atoms with E-state index < -0.39 is 31.1 Å². The summed E-state index contributed by atoms with van der Waals surface area (Å²) in [6.07, 6.45) is -4.50. The third kappa shape index (κ3) is 5.51. The Balaban J connectivity index is 2.57. The average Bonchev–Trinajstić information content (AvgIpc) is 2.49. The molecule has 0 aromatic heterocycles. The molecule has 0 saturated heterocycles. The zero-order valence-electron chi connectivity index (χ0n) is 11.9. The van der Waals surface area contributed by atoms with E-state index in [-0.39, 0.29) is 5.56 Å². The van der Waals surface area contributed by atoms with Crippen LogP contribution in [0.5, 0.6) is 11.5 Å². The molecule has 1 aromatic carbocycles. The third-order valence-corrected chi connectivity index (χ3v) is 2.54. The predicted octanol–water partition coefficient (Wildman–Crippen LogP) is 1.11. The lowest BCUT2D eigenvalue weighted by atomic mass is 10.2. The van der Waals surface area contributed by atoms with Gasteiger partial charge in [-0.3, -0.25) is 9.59 Å². The molecule has 1 aromatic rings. The van der Waals surface area contributed by atoms with E-state index in [1.165, 1.54) is 32.4 Å². The van der Waals surface area contributed by atoms with Crippen molar-refractivity contribution < 1.29 is 32.2 Å². The Morgan fingerprint density at radius 1 is 1.09 bits per heavy atom. The summed E-state index contributed by atoms with van der Waals surface area (Å²) >= 11 is 0. The normalized spacial score (nSPS) is 10.8. The Bertz CT molecular complexity index is 547. The standard InChI is InChI=1S/C13H15F3N2O4/c1-21-9-4-3-8(5-10(9)22-2)12(20)17-6-11(19)18-7-13(14,15)16/h3-5H,6-7H2,1-2H3,(H,17,20)(H,18,19). The van der Waals surface area contributed by atoms with Crippen molar-refractivity contribution in [2.45, 2.75) is 6.18 Å². The van der Waals surface area contributed by atoms with Gasteiger partial charge in [0.15, 0.2) is 11.5 Å². The highest BCUT2D eigenvalue weighted by molar-refractivity contribution is 5.97. The van der Waals surface area contributed by atoms with Gasteiger partial charge in [-0.1, -0.05) is 0 Å². The fraction of sp³-hybridized carbons (Fsp3) is 0.385. The monoisotopic (exact) mass is 320 g/mol. The zero-order valence-corrected chi connectivity index (χ0v) is 11.9. The number of hydrogen-bond donors (Lipinski definition) is 2. The van der Waals surface area contributed by atoms with Crippen LogP contribution in [0.2, 0.25) is 0 Å². The second-order valence-electron chi connectivity index (χ2n) is 4.14. The van der Waals surface area contributed by atoms with Gasteiger partial charge in [-0.15, -0.1) is 0 Å². The Morgan fingerprint density at radius 3 is 2.27 bits per heavy atom. The summed E-state index contributed by atoms with van der Waals surface area (Å²) in [6.45, 7) is -2.01. The highest BCUT2D eigenvalue weighted by atomic mass is 19.4. The Labute approximate surface area is 124 Å². The van der Waals surface area contributed by atoms with Crippen LogP contribution in [0.15, 0.2) is 18.2 Å². The number of ether oxygens (including phenoxy) is 2. The molecule has 22 heavy (non-hydrogen) atoms. The van der Waals surface area contributed by atoms with E-state index in [4.69, 9.17) is 9.47 Å². The first-order chi connectivity index (χ1) is 10.3. The molecule has 0 aliphatic rings. The van der Waals surface area contributed by atoms with E-state index in [9.17, 15) is 22.8 Å². The molecule has 0 radical (unpaired) electrons. The second kappa shape index (κ2) is 7.53. The van der Waals surface area contributed by atoms with Gasteiger partial charge in [-0.25, -0.2) is 0 Å².